The molecule has 0 aliphatic carbocycles. The number of esters is 1. The van der Waals surface area contributed by atoms with Crippen molar-refractivity contribution in [2.75, 3.05) is 7.11 Å². The third kappa shape index (κ3) is 3.62. The van der Waals surface area contributed by atoms with E-state index in [1.54, 1.807) is 0 Å². The number of hydrogen-bond donors (Lipinski definition) is 1. The van der Waals surface area contributed by atoms with Crippen molar-refractivity contribution in [3.05, 3.63) is 11.2 Å². The van der Waals surface area contributed by atoms with Crippen LogP contribution < -0.4 is 5.32 Å². The van der Waals surface area contributed by atoms with Crippen LogP contribution in [0.3, 0.4) is 0 Å². The van der Waals surface area contributed by atoms with Gasteiger partial charge >= 0.3 is 5.97 Å². The molecule has 0 aromatic carbocycles. The molecule has 1 N–H and O–H groups in total. The first-order valence-electron chi connectivity index (χ1n) is 2.78. The predicted octanol–water partition coefficient (Wildman–Crippen LogP) is 0.376. The minimum Gasteiger partial charge on any atom is -0.464 e. The average Bonchev–Trinajstić information content (AvgIpc) is 1.98. The van der Waals surface area contributed by atoms with Gasteiger partial charge in [-0.1, -0.05) is 11.6 Å². The van der Waals surface area contributed by atoms with Crippen molar-refractivity contribution in [1.82, 2.24) is 5.32 Å². The summed E-state index contributed by atoms with van der Waals surface area (Å²) in [5.74, 6) is -1.04. The first-order valence-corrected chi connectivity index (χ1v) is 3.21. The smallest absolute Gasteiger partial charge is 0.355 e. The molecule has 0 saturated heterocycles. The minimum absolute atomic E-state index is 0.0679. The van der Waals surface area contributed by atoms with Crippen molar-refractivity contribution in [3.63, 3.8) is 0 Å². The molecule has 0 rings (SSSR count). The van der Waals surface area contributed by atoms with E-state index in [1.165, 1.54) is 14.0 Å². The third-order valence-electron chi connectivity index (χ3n) is 0.825. The van der Waals surface area contributed by atoms with Crippen molar-refractivity contribution >= 4 is 23.5 Å². The van der Waals surface area contributed by atoms with Crippen LogP contribution in [0.2, 0.25) is 0 Å². The van der Waals surface area contributed by atoms with Gasteiger partial charge in [-0.3, -0.25) is 4.79 Å². The van der Waals surface area contributed by atoms with Gasteiger partial charge in [0.1, 0.15) is 5.70 Å². The highest BCUT2D eigenvalue weighted by Crippen LogP contribution is 1.94. The molecule has 0 unspecified atom stereocenters. The van der Waals surface area contributed by atoms with Crippen LogP contribution >= 0.6 is 11.6 Å². The lowest BCUT2D eigenvalue weighted by molar-refractivity contribution is -0.137. The molecule has 11 heavy (non-hydrogen) atoms. The Morgan fingerprint density at radius 2 is 2.09 bits per heavy atom. The Morgan fingerprint density at radius 3 is 2.36 bits per heavy atom. The third-order valence-corrected chi connectivity index (χ3v) is 1.04. The summed E-state index contributed by atoms with van der Waals surface area (Å²) < 4.78 is 4.30. The van der Waals surface area contributed by atoms with E-state index < -0.39 is 5.97 Å². The Morgan fingerprint density at radius 1 is 1.55 bits per heavy atom. The van der Waals surface area contributed by atoms with Crippen LogP contribution in [0.15, 0.2) is 11.2 Å². The van der Waals surface area contributed by atoms with E-state index in [0.717, 1.165) is 5.54 Å². The summed E-state index contributed by atoms with van der Waals surface area (Å²) in [6.07, 6.45) is 0. The summed E-state index contributed by atoms with van der Waals surface area (Å²) in [5, 5.41) is 2.20. The summed E-state index contributed by atoms with van der Waals surface area (Å²) in [7, 11) is 1.20. The van der Waals surface area contributed by atoms with Crippen LogP contribution in [-0.2, 0) is 14.3 Å². The fraction of sp³-hybridized carbons (Fsp3) is 0.333. The van der Waals surface area contributed by atoms with Crippen molar-refractivity contribution in [1.29, 1.82) is 0 Å². The molecule has 0 atom stereocenters. The highest BCUT2D eigenvalue weighted by atomic mass is 35.5. The second kappa shape index (κ2) is 4.73. The Hall–Kier alpha value is -1.03. The van der Waals surface area contributed by atoms with Gasteiger partial charge in [0.2, 0.25) is 5.91 Å². The molecule has 4 nitrogen and oxygen atoms in total. The number of carbonyl (C=O) groups is 2. The molecular formula is C6H8ClNO3. The van der Waals surface area contributed by atoms with Gasteiger partial charge in [0.15, 0.2) is 0 Å². The summed E-state index contributed by atoms with van der Waals surface area (Å²) in [6, 6.07) is 0. The number of rotatable bonds is 2. The number of carbonyl (C=O) groups excluding carboxylic acids is 2. The second-order valence-corrected chi connectivity index (χ2v) is 1.91. The van der Waals surface area contributed by atoms with Gasteiger partial charge in [-0.2, -0.15) is 0 Å². The highest BCUT2D eigenvalue weighted by Gasteiger charge is 2.09. The summed E-state index contributed by atoms with van der Waals surface area (Å²) in [5.41, 5.74) is 0.884. The minimum atomic E-state index is -0.671. The zero-order chi connectivity index (χ0) is 8.85. The first kappa shape index (κ1) is 9.97. The standard InChI is InChI=1S/C6H8ClNO3/c1-4(9)8-5(3-7)6(10)11-2/h3H,1-2H3,(H,8,9). The maximum absolute atomic E-state index is 10.7. The Bertz CT molecular complexity index is 200. The Kier molecular flexibility index (Phi) is 4.29. The lowest BCUT2D eigenvalue weighted by atomic mass is 10.5. The Labute approximate surface area is 69.2 Å². The number of hydrogen-bond acceptors (Lipinski definition) is 3. The van der Waals surface area contributed by atoms with Crippen LogP contribution in [0, 0.1) is 0 Å². The molecule has 0 heterocycles. The van der Waals surface area contributed by atoms with Gasteiger partial charge in [-0.15, -0.1) is 0 Å². The van der Waals surface area contributed by atoms with E-state index >= 15 is 0 Å². The molecule has 0 spiro atoms. The monoisotopic (exact) mass is 177 g/mol. The quantitative estimate of drug-likeness (QED) is 0.490. The predicted molar refractivity (Wildman–Crippen MR) is 39.8 cm³/mol. The van der Waals surface area contributed by atoms with E-state index in [1.807, 2.05) is 0 Å². The van der Waals surface area contributed by atoms with E-state index in [0.29, 0.717) is 0 Å². The first-order chi connectivity index (χ1) is 5.11. The molecule has 1 amide bonds. The lowest BCUT2D eigenvalue weighted by Gasteiger charge is -2.02. The number of ether oxygens (including phenoxy) is 1. The molecular weight excluding hydrogens is 170 g/mol. The largest absolute Gasteiger partial charge is 0.464 e. The Balaban J connectivity index is 4.20. The number of methoxy groups -OCH3 is 1. The van der Waals surface area contributed by atoms with Crippen molar-refractivity contribution in [2.24, 2.45) is 0 Å². The van der Waals surface area contributed by atoms with Crippen LogP contribution in [0.25, 0.3) is 0 Å². The van der Waals surface area contributed by atoms with Gasteiger partial charge in [0.05, 0.1) is 7.11 Å². The highest BCUT2D eigenvalue weighted by molar-refractivity contribution is 6.27. The molecule has 0 aliphatic heterocycles. The molecule has 0 fully saturated rings. The van der Waals surface area contributed by atoms with Crippen LogP contribution in [0.4, 0.5) is 0 Å². The van der Waals surface area contributed by atoms with Gasteiger partial charge in [-0.05, 0) is 0 Å². The van der Waals surface area contributed by atoms with Crippen LogP contribution in [0.5, 0.6) is 0 Å². The molecule has 0 aromatic heterocycles. The number of halogens is 1. The SMILES string of the molecule is COC(=O)C(=CCl)NC(C)=O. The topological polar surface area (TPSA) is 55.4 Å². The zero-order valence-corrected chi connectivity index (χ0v) is 6.94. The molecule has 5 heteroatoms. The van der Waals surface area contributed by atoms with E-state index in [9.17, 15) is 9.59 Å². The van der Waals surface area contributed by atoms with Crippen LogP contribution in [-0.4, -0.2) is 19.0 Å². The molecule has 0 bridgehead atoms. The summed E-state index contributed by atoms with van der Waals surface area (Å²) >= 11 is 5.21. The average molecular weight is 178 g/mol. The summed E-state index contributed by atoms with van der Waals surface area (Å²) in [6.45, 7) is 1.27. The zero-order valence-electron chi connectivity index (χ0n) is 6.18. The molecule has 0 radical (unpaired) electrons. The van der Waals surface area contributed by atoms with Crippen molar-refractivity contribution < 1.29 is 14.3 Å². The van der Waals surface area contributed by atoms with Gasteiger partial charge in [-0.25, -0.2) is 4.79 Å². The molecule has 0 aliphatic rings. The van der Waals surface area contributed by atoms with Gasteiger partial charge in [0.25, 0.3) is 0 Å². The maximum atomic E-state index is 10.7. The van der Waals surface area contributed by atoms with Gasteiger partial charge < -0.3 is 10.1 Å². The number of nitrogens with one attached hydrogen (secondary N) is 1. The fourth-order valence-corrected chi connectivity index (χ4v) is 0.566. The van der Waals surface area contributed by atoms with E-state index in [2.05, 4.69) is 10.1 Å². The molecule has 0 aromatic rings. The summed E-state index contributed by atoms with van der Waals surface area (Å²) in [4.78, 5) is 21.1. The molecule has 0 saturated carbocycles. The fourth-order valence-electron chi connectivity index (χ4n) is 0.422. The normalized spacial score (nSPS) is 10.6. The number of amides is 1. The molecule has 62 valence electrons. The van der Waals surface area contributed by atoms with Crippen molar-refractivity contribution in [2.45, 2.75) is 6.92 Å². The van der Waals surface area contributed by atoms with Crippen molar-refractivity contribution in [3.8, 4) is 0 Å². The van der Waals surface area contributed by atoms with E-state index in [4.69, 9.17) is 11.6 Å². The maximum Gasteiger partial charge on any atom is 0.355 e. The van der Waals surface area contributed by atoms with E-state index in [-0.39, 0.29) is 11.6 Å². The lowest BCUT2D eigenvalue weighted by Crippen LogP contribution is -2.25. The van der Waals surface area contributed by atoms with Gasteiger partial charge in [0, 0.05) is 12.5 Å². The van der Waals surface area contributed by atoms with Crippen LogP contribution in [0.1, 0.15) is 6.92 Å². The second-order valence-electron chi connectivity index (χ2n) is 1.70.